The number of anilines is 2. The average Bonchev–Trinajstić information content (AvgIpc) is 3.39. The van der Waals surface area contributed by atoms with Crippen LogP contribution < -0.4 is 10.2 Å². The summed E-state index contributed by atoms with van der Waals surface area (Å²) >= 11 is 1.67. The van der Waals surface area contributed by atoms with E-state index in [2.05, 4.69) is 11.4 Å². The summed E-state index contributed by atoms with van der Waals surface area (Å²) in [6.07, 6.45) is 4.84. The topological polar surface area (TPSA) is 49.4 Å². The molecule has 2 aromatic rings. The molecule has 5 heteroatoms. The van der Waals surface area contributed by atoms with Crippen LogP contribution in [0.5, 0.6) is 0 Å². The lowest BCUT2D eigenvalue weighted by Gasteiger charge is -2.28. The fourth-order valence-electron chi connectivity index (χ4n) is 4.44. The molecule has 0 saturated heterocycles. The van der Waals surface area contributed by atoms with Crippen LogP contribution in [0.15, 0.2) is 35.7 Å². The molecule has 1 saturated carbocycles. The van der Waals surface area contributed by atoms with Crippen molar-refractivity contribution in [1.82, 2.24) is 0 Å². The third-order valence-corrected chi connectivity index (χ3v) is 7.08. The highest BCUT2D eigenvalue weighted by atomic mass is 32.1. The molecule has 148 valence electrons. The number of hydrogen-bond donors (Lipinski definition) is 1. The molecular formula is C23H28N2O2S. The first-order chi connectivity index (χ1) is 13.3. The van der Waals surface area contributed by atoms with Crippen molar-refractivity contribution in [3.8, 4) is 0 Å². The van der Waals surface area contributed by atoms with Crippen LogP contribution in [0, 0.1) is 5.41 Å². The Balaban J connectivity index is 1.60. The molecule has 1 N–H and O–H groups in total. The third kappa shape index (κ3) is 3.26. The lowest BCUT2D eigenvalue weighted by Crippen LogP contribution is -2.38. The molecule has 1 aliphatic carbocycles. The van der Waals surface area contributed by atoms with Gasteiger partial charge in [-0.05, 0) is 48.4 Å². The van der Waals surface area contributed by atoms with Crippen molar-refractivity contribution in [2.24, 2.45) is 5.41 Å². The van der Waals surface area contributed by atoms with Gasteiger partial charge in [-0.15, -0.1) is 11.3 Å². The van der Waals surface area contributed by atoms with Crippen LogP contribution in [0.3, 0.4) is 0 Å². The summed E-state index contributed by atoms with van der Waals surface area (Å²) in [7, 11) is 0. The molecule has 1 aromatic carbocycles. The minimum Gasteiger partial charge on any atom is -0.325 e. The lowest BCUT2D eigenvalue weighted by atomic mass is 9.83. The molecule has 0 unspecified atom stereocenters. The monoisotopic (exact) mass is 396 g/mol. The van der Waals surface area contributed by atoms with Gasteiger partial charge in [-0.2, -0.15) is 0 Å². The van der Waals surface area contributed by atoms with Crippen molar-refractivity contribution >= 4 is 34.5 Å². The summed E-state index contributed by atoms with van der Waals surface area (Å²) in [4.78, 5) is 29.2. The zero-order valence-corrected chi connectivity index (χ0v) is 17.7. The second kappa shape index (κ2) is 7.03. The van der Waals surface area contributed by atoms with Crippen LogP contribution in [-0.2, 0) is 21.4 Å². The van der Waals surface area contributed by atoms with Crippen molar-refractivity contribution in [2.45, 2.75) is 58.3 Å². The molecule has 1 aliphatic heterocycles. The smallest absolute Gasteiger partial charge is 0.235 e. The summed E-state index contributed by atoms with van der Waals surface area (Å²) in [5, 5.41) is 5.22. The maximum absolute atomic E-state index is 13.3. The fraction of sp³-hybridized carbons (Fsp3) is 0.478. The molecule has 28 heavy (non-hydrogen) atoms. The van der Waals surface area contributed by atoms with Gasteiger partial charge in [-0.1, -0.05) is 45.7 Å². The van der Waals surface area contributed by atoms with Crippen LogP contribution in [0.1, 0.15) is 56.9 Å². The Morgan fingerprint density at radius 2 is 1.89 bits per heavy atom. The van der Waals surface area contributed by atoms with Crippen LogP contribution in [0.2, 0.25) is 0 Å². The van der Waals surface area contributed by atoms with Crippen molar-refractivity contribution in [3.05, 3.63) is 46.2 Å². The second-order valence-electron chi connectivity index (χ2n) is 9.02. The van der Waals surface area contributed by atoms with E-state index in [4.69, 9.17) is 0 Å². The number of benzene rings is 1. The van der Waals surface area contributed by atoms with E-state index in [1.807, 2.05) is 55.3 Å². The lowest BCUT2D eigenvalue weighted by molar-refractivity contribution is -0.125. The van der Waals surface area contributed by atoms with Gasteiger partial charge in [0.25, 0.3) is 0 Å². The molecule has 2 amide bonds. The molecule has 0 atom stereocenters. The van der Waals surface area contributed by atoms with E-state index < -0.39 is 10.8 Å². The van der Waals surface area contributed by atoms with E-state index in [-0.39, 0.29) is 11.8 Å². The van der Waals surface area contributed by atoms with Gasteiger partial charge in [0.1, 0.15) is 0 Å². The number of nitrogens with zero attached hydrogens (tertiary/aromatic N) is 1. The zero-order chi connectivity index (χ0) is 19.9. The minimum atomic E-state index is -0.423. The number of nitrogens with one attached hydrogen (secondary N) is 1. The molecule has 2 heterocycles. The van der Waals surface area contributed by atoms with Gasteiger partial charge in [0.05, 0.1) is 5.41 Å². The summed E-state index contributed by atoms with van der Waals surface area (Å²) < 4.78 is 0. The largest absolute Gasteiger partial charge is 0.325 e. The Morgan fingerprint density at radius 3 is 2.54 bits per heavy atom. The van der Waals surface area contributed by atoms with Crippen LogP contribution in [0.4, 0.5) is 11.4 Å². The summed E-state index contributed by atoms with van der Waals surface area (Å²) in [6, 6.07) is 10.1. The van der Waals surface area contributed by atoms with Gasteiger partial charge in [-0.3, -0.25) is 9.59 Å². The first-order valence-electron chi connectivity index (χ1n) is 10.1. The van der Waals surface area contributed by atoms with E-state index in [1.54, 1.807) is 11.3 Å². The molecule has 0 bridgehead atoms. The van der Waals surface area contributed by atoms with E-state index in [9.17, 15) is 9.59 Å². The Kier molecular flexibility index (Phi) is 4.82. The molecule has 2 aliphatic rings. The van der Waals surface area contributed by atoms with E-state index in [0.717, 1.165) is 48.4 Å². The van der Waals surface area contributed by atoms with Crippen molar-refractivity contribution in [3.63, 3.8) is 0 Å². The van der Waals surface area contributed by atoms with Crippen LogP contribution >= 0.6 is 11.3 Å². The molecule has 4 nitrogen and oxygen atoms in total. The molecule has 0 radical (unpaired) electrons. The minimum absolute atomic E-state index is 0.0825. The highest BCUT2D eigenvalue weighted by Gasteiger charge is 2.43. The Morgan fingerprint density at radius 1 is 1.14 bits per heavy atom. The average molecular weight is 397 g/mol. The highest BCUT2D eigenvalue weighted by molar-refractivity contribution is 7.10. The predicted octanol–water partition coefficient (Wildman–Crippen LogP) is 5.13. The number of amides is 2. The van der Waals surface area contributed by atoms with Gasteiger partial charge < -0.3 is 10.2 Å². The second-order valence-corrected chi connectivity index (χ2v) is 9.97. The summed E-state index contributed by atoms with van der Waals surface area (Å²) in [5.41, 5.74) is 2.06. The Hall–Kier alpha value is -2.14. The number of thiophene rings is 1. The quantitative estimate of drug-likeness (QED) is 0.781. The predicted molar refractivity (Wildman–Crippen MR) is 115 cm³/mol. The number of carbonyl (C=O) groups excluding carboxylic acids is 2. The van der Waals surface area contributed by atoms with Gasteiger partial charge >= 0.3 is 0 Å². The summed E-state index contributed by atoms with van der Waals surface area (Å²) in [5.74, 6) is 0.208. The number of rotatable bonds is 3. The normalized spacial score (nSPS) is 18.2. The van der Waals surface area contributed by atoms with Crippen molar-refractivity contribution in [1.29, 1.82) is 0 Å². The van der Waals surface area contributed by atoms with E-state index >= 15 is 0 Å². The SMILES string of the molecule is CC(C)(C)C(=O)N1CCc2ccc(NC(=O)C3(c4cccs4)CCCC3)cc21. The van der Waals surface area contributed by atoms with Gasteiger partial charge in [0.15, 0.2) is 0 Å². The van der Waals surface area contributed by atoms with E-state index in [0.29, 0.717) is 6.54 Å². The zero-order valence-electron chi connectivity index (χ0n) is 16.9. The number of hydrogen-bond acceptors (Lipinski definition) is 3. The van der Waals surface area contributed by atoms with E-state index in [1.165, 1.54) is 5.56 Å². The first kappa shape index (κ1) is 19.2. The Bertz CT molecular complexity index is 890. The molecular weight excluding hydrogens is 368 g/mol. The standard InChI is InChI=1S/C23H28N2O2S/c1-22(2,3)21(27)25-13-10-16-8-9-17(15-18(16)25)24-20(26)23(11-4-5-12-23)19-7-6-14-28-19/h6-9,14-15H,4-5,10-13H2,1-3H3,(H,24,26). The highest BCUT2D eigenvalue weighted by Crippen LogP contribution is 2.44. The van der Waals surface area contributed by atoms with Crippen molar-refractivity contribution < 1.29 is 9.59 Å². The maximum Gasteiger partial charge on any atom is 0.235 e. The Labute approximate surface area is 170 Å². The maximum atomic E-state index is 13.3. The first-order valence-corrected chi connectivity index (χ1v) is 11.0. The van der Waals surface area contributed by atoms with Gasteiger partial charge in [0.2, 0.25) is 11.8 Å². The molecule has 1 fully saturated rings. The van der Waals surface area contributed by atoms with Crippen molar-refractivity contribution in [2.75, 3.05) is 16.8 Å². The molecule has 1 aromatic heterocycles. The van der Waals surface area contributed by atoms with Crippen LogP contribution in [0.25, 0.3) is 0 Å². The fourth-order valence-corrected chi connectivity index (χ4v) is 5.42. The molecule has 4 rings (SSSR count). The summed E-state index contributed by atoms with van der Waals surface area (Å²) in [6.45, 7) is 6.56. The van der Waals surface area contributed by atoms with Gasteiger partial charge in [0, 0.05) is 28.2 Å². The molecule has 0 spiro atoms. The third-order valence-electron chi connectivity index (χ3n) is 6.01. The van der Waals surface area contributed by atoms with Crippen LogP contribution in [-0.4, -0.2) is 18.4 Å². The number of carbonyl (C=O) groups is 2. The van der Waals surface area contributed by atoms with Gasteiger partial charge in [-0.25, -0.2) is 0 Å². The number of fused-ring (bicyclic) bond motifs is 1.